The van der Waals surface area contributed by atoms with E-state index in [4.69, 9.17) is 32.5 Å². The molecular formula is C56H99NO12Si2. The number of hydrogen-bond donors (Lipinski definition) is 1. The first-order valence-electron chi connectivity index (χ1n) is 26.7. The molecule has 408 valence electrons. The van der Waals surface area contributed by atoms with Gasteiger partial charge in [-0.25, -0.2) is 4.79 Å². The van der Waals surface area contributed by atoms with Crippen molar-refractivity contribution >= 4 is 40.1 Å². The number of methoxy groups -OCH3 is 3. The molecule has 13 atom stereocenters. The van der Waals surface area contributed by atoms with E-state index in [0.29, 0.717) is 32.1 Å². The Morgan fingerprint density at radius 2 is 1.51 bits per heavy atom. The number of hydrogen-bond acceptors (Lipinski definition) is 12. The number of amides is 1. The largest absolute Gasteiger partial charge is 0.456 e. The van der Waals surface area contributed by atoms with Crippen molar-refractivity contribution in [2.45, 2.75) is 238 Å². The highest BCUT2D eigenvalue weighted by molar-refractivity contribution is 6.74. The van der Waals surface area contributed by atoms with Crippen molar-refractivity contribution < 1.29 is 56.8 Å². The summed E-state index contributed by atoms with van der Waals surface area (Å²) in [5, 5.41) is 12.0. The number of ether oxygens (including phenoxy) is 5. The summed E-state index contributed by atoms with van der Waals surface area (Å²) in [4.78, 5) is 59.7. The molecule has 1 aliphatic carbocycles. The van der Waals surface area contributed by atoms with Crippen LogP contribution in [0.2, 0.25) is 36.3 Å². The number of carbonyl (C=O) groups is 4. The second kappa shape index (κ2) is 26.4. The van der Waals surface area contributed by atoms with Crippen molar-refractivity contribution in [2.75, 3.05) is 27.9 Å². The third-order valence-electron chi connectivity index (χ3n) is 16.7. The molecule has 0 aromatic carbocycles. The van der Waals surface area contributed by atoms with Gasteiger partial charge in [-0.2, -0.15) is 0 Å². The standard InChI is InChI=1S/C56H99NO12Si2/c1-21-25-41(26-22-2)43(58)35-45(69-71(19,20)55(11,12)13)39(7)49(37(5)32-40-28-29-44(46(34-40)63-14)68-70(17,18)54(8,9)10)66-53(61)42-27-23-24-30-57(42)52(60)51(59)56(62)38(6)33-48(65-16)50(67-56)47(64-15)31-36(3)4/h21-22,26,32,36,38-42,44-50,62H,1,23-25,27-31,33-35H2,2-20H3/b26-22-,37-32+/t38-,39-,40+,41+,42+,44-,45+,46-,47-,48+,49-,50-,56-/m1/s1. The van der Waals surface area contributed by atoms with E-state index in [-0.39, 0.29) is 71.6 Å². The summed E-state index contributed by atoms with van der Waals surface area (Å²) in [6, 6.07) is -1.12. The van der Waals surface area contributed by atoms with Crippen molar-refractivity contribution in [1.82, 2.24) is 4.90 Å². The van der Waals surface area contributed by atoms with Crippen LogP contribution in [-0.2, 0) is 51.7 Å². The number of aliphatic hydroxyl groups is 1. The van der Waals surface area contributed by atoms with Crippen LogP contribution in [0.1, 0.15) is 147 Å². The van der Waals surface area contributed by atoms with E-state index in [1.165, 1.54) is 4.90 Å². The Hall–Kier alpha value is -2.35. The maximum atomic E-state index is 15.0. The quantitative estimate of drug-likeness (QED) is 0.0423. The molecule has 0 spiro atoms. The SMILES string of the molecule is C=CC[C@@H](/C=C\C)C(=O)C[C@H](O[Si](C)(C)C(C)(C)C)[C@@H](C)[C@H](OC(=O)[C@@H]1CCCCN1C(=O)C(=O)[C@]1(O)O[C@H]([C@@H](CC(C)C)OC)[C@@H](OC)C[C@H]1C)/C(C)=C/[C@@H]1CC[C@@H](O[Si](C)(C)C(C)(C)C)[C@H](OC)C1. The zero-order valence-electron chi connectivity index (χ0n) is 47.7. The predicted molar refractivity (Wildman–Crippen MR) is 287 cm³/mol. The normalized spacial score (nSPS) is 28.5. The molecule has 2 saturated heterocycles. The van der Waals surface area contributed by atoms with Crippen LogP contribution in [0.25, 0.3) is 0 Å². The van der Waals surface area contributed by atoms with E-state index in [0.717, 1.165) is 18.4 Å². The van der Waals surface area contributed by atoms with Gasteiger partial charge in [-0.3, -0.25) is 14.4 Å². The Balaban J connectivity index is 2.12. The number of carbonyl (C=O) groups excluding carboxylic acids is 4. The maximum Gasteiger partial charge on any atom is 0.329 e. The minimum Gasteiger partial charge on any atom is -0.456 e. The zero-order valence-corrected chi connectivity index (χ0v) is 49.7. The number of likely N-dealkylation sites (tertiary alicyclic amines) is 1. The fourth-order valence-corrected chi connectivity index (χ4v) is 12.9. The molecule has 3 aliphatic rings. The molecule has 3 rings (SSSR count). The number of ketones is 2. The molecule has 0 aromatic heterocycles. The first-order valence-corrected chi connectivity index (χ1v) is 32.5. The van der Waals surface area contributed by atoms with E-state index in [9.17, 15) is 19.5 Å². The number of rotatable bonds is 24. The maximum absolute atomic E-state index is 15.0. The van der Waals surface area contributed by atoms with E-state index in [1.807, 2.05) is 46.8 Å². The number of nitrogens with zero attached hydrogens (tertiary/aromatic N) is 1. The Morgan fingerprint density at radius 1 is 0.887 bits per heavy atom. The number of esters is 1. The average Bonchev–Trinajstić information content (AvgIpc) is 3.28. The topological polar surface area (TPSA) is 156 Å². The van der Waals surface area contributed by atoms with E-state index in [1.54, 1.807) is 34.3 Å². The summed E-state index contributed by atoms with van der Waals surface area (Å²) in [6.45, 7) is 37.7. The van der Waals surface area contributed by atoms with Crippen LogP contribution < -0.4 is 0 Å². The lowest BCUT2D eigenvalue weighted by Gasteiger charge is -2.47. The molecule has 1 saturated carbocycles. The second-order valence-corrected chi connectivity index (χ2v) is 34.1. The molecule has 71 heavy (non-hydrogen) atoms. The Bertz CT molecular complexity index is 1840. The Labute approximate surface area is 432 Å². The van der Waals surface area contributed by atoms with Crippen LogP contribution in [0.3, 0.4) is 0 Å². The predicted octanol–water partition coefficient (Wildman–Crippen LogP) is 10.9. The summed E-state index contributed by atoms with van der Waals surface area (Å²) in [6.07, 6.45) is 9.37. The van der Waals surface area contributed by atoms with Gasteiger partial charge in [-0.05, 0) is 125 Å². The molecule has 0 aromatic rings. The minimum atomic E-state index is -2.54. The molecule has 1 N–H and O–H groups in total. The van der Waals surface area contributed by atoms with Gasteiger partial charge in [0.2, 0.25) is 5.79 Å². The van der Waals surface area contributed by atoms with Gasteiger partial charge in [-0.1, -0.05) is 93.5 Å². The van der Waals surface area contributed by atoms with Gasteiger partial charge in [0.25, 0.3) is 11.7 Å². The monoisotopic (exact) mass is 1030 g/mol. The lowest BCUT2D eigenvalue weighted by molar-refractivity contribution is -0.302. The Kier molecular flexibility index (Phi) is 23.4. The molecule has 1 amide bonds. The third kappa shape index (κ3) is 16.1. The highest BCUT2D eigenvalue weighted by atomic mass is 28.4. The first kappa shape index (κ1) is 62.9. The van der Waals surface area contributed by atoms with Crippen LogP contribution in [-0.4, -0.2) is 133 Å². The summed E-state index contributed by atoms with van der Waals surface area (Å²) in [5.41, 5.74) is 0.804. The third-order valence-corrected chi connectivity index (χ3v) is 25.7. The molecule has 0 radical (unpaired) electrons. The van der Waals surface area contributed by atoms with Gasteiger partial charge >= 0.3 is 5.97 Å². The smallest absolute Gasteiger partial charge is 0.329 e. The number of allylic oxidation sites excluding steroid dienone is 4. The van der Waals surface area contributed by atoms with Crippen molar-refractivity contribution in [2.24, 2.45) is 29.6 Å². The summed E-state index contributed by atoms with van der Waals surface area (Å²) < 4.78 is 44.9. The molecule has 15 heteroatoms. The van der Waals surface area contributed by atoms with Crippen LogP contribution in [0.15, 0.2) is 36.5 Å². The van der Waals surface area contributed by atoms with Crippen LogP contribution in [0.5, 0.6) is 0 Å². The second-order valence-electron chi connectivity index (χ2n) is 24.6. The lowest BCUT2D eigenvalue weighted by Crippen LogP contribution is -2.64. The van der Waals surface area contributed by atoms with Gasteiger partial charge < -0.3 is 42.5 Å². The van der Waals surface area contributed by atoms with E-state index in [2.05, 4.69) is 80.4 Å². The van der Waals surface area contributed by atoms with Crippen molar-refractivity contribution in [3.8, 4) is 0 Å². The van der Waals surface area contributed by atoms with Crippen LogP contribution in [0.4, 0.5) is 0 Å². The van der Waals surface area contributed by atoms with Crippen molar-refractivity contribution in [3.05, 3.63) is 36.5 Å². The summed E-state index contributed by atoms with van der Waals surface area (Å²) in [5.74, 6) is -6.72. The van der Waals surface area contributed by atoms with Crippen LogP contribution >= 0.6 is 0 Å². The van der Waals surface area contributed by atoms with Gasteiger partial charge in [0, 0.05) is 52.0 Å². The van der Waals surface area contributed by atoms with Crippen molar-refractivity contribution in [3.63, 3.8) is 0 Å². The molecule has 0 unspecified atom stereocenters. The van der Waals surface area contributed by atoms with Crippen molar-refractivity contribution in [1.29, 1.82) is 0 Å². The highest BCUT2D eigenvalue weighted by Crippen LogP contribution is 2.43. The van der Waals surface area contributed by atoms with Gasteiger partial charge in [0.05, 0.1) is 30.5 Å². The number of piperidine rings is 1. The molecule has 3 fully saturated rings. The first-order chi connectivity index (χ1) is 32.8. The van der Waals surface area contributed by atoms with Gasteiger partial charge in [0.15, 0.2) is 16.6 Å². The molecule has 2 aliphatic heterocycles. The fourth-order valence-electron chi connectivity index (χ4n) is 10.1. The zero-order chi connectivity index (χ0) is 54.0. The highest BCUT2D eigenvalue weighted by Gasteiger charge is 2.57. The number of Topliss-reactive ketones (excluding diaryl/α,β-unsaturated/α-hetero) is 2. The van der Waals surface area contributed by atoms with Gasteiger partial charge in [-0.15, -0.1) is 6.58 Å². The minimum absolute atomic E-state index is 0.00741. The van der Waals surface area contributed by atoms with Crippen LogP contribution in [0, 0.1) is 29.6 Å². The molecule has 0 bridgehead atoms. The molecule has 13 nitrogen and oxygen atoms in total. The summed E-state index contributed by atoms with van der Waals surface area (Å²) in [7, 11) is 0.221. The van der Waals surface area contributed by atoms with E-state index < -0.39 is 88.5 Å². The molecular weight excluding hydrogens is 935 g/mol. The Morgan fingerprint density at radius 3 is 2.04 bits per heavy atom. The fraction of sp³-hybridized carbons (Fsp3) is 0.821. The lowest BCUT2D eigenvalue weighted by atomic mass is 9.82. The molecule has 2 heterocycles. The van der Waals surface area contributed by atoms with E-state index >= 15 is 4.79 Å². The average molecular weight is 1030 g/mol. The van der Waals surface area contributed by atoms with Gasteiger partial charge in [0.1, 0.15) is 24.0 Å². The summed E-state index contributed by atoms with van der Waals surface area (Å²) >= 11 is 0.